The zero-order chi connectivity index (χ0) is 13.2. The molecule has 0 radical (unpaired) electrons. The zero-order valence-corrected chi connectivity index (χ0v) is 10.1. The highest BCUT2D eigenvalue weighted by atomic mass is 16.2. The number of rotatable bonds is 2. The highest BCUT2D eigenvalue weighted by molar-refractivity contribution is 6.07. The first-order chi connectivity index (χ1) is 9.24. The summed E-state index contributed by atoms with van der Waals surface area (Å²) in [5.41, 5.74) is 2.90. The molecule has 1 aliphatic heterocycles. The quantitative estimate of drug-likeness (QED) is 0.862. The van der Waals surface area contributed by atoms with Gasteiger partial charge in [0.1, 0.15) is 0 Å². The molecular weight excluding hydrogens is 240 g/mol. The summed E-state index contributed by atoms with van der Waals surface area (Å²) >= 11 is 0. The Kier molecular flexibility index (Phi) is 2.76. The van der Waals surface area contributed by atoms with E-state index in [4.69, 9.17) is 0 Å². The predicted octanol–water partition coefficient (Wildman–Crippen LogP) is 2.43. The van der Waals surface area contributed by atoms with Crippen LogP contribution in [0.2, 0.25) is 0 Å². The third kappa shape index (κ3) is 2.20. The van der Waals surface area contributed by atoms with Crippen molar-refractivity contribution in [3.63, 3.8) is 0 Å². The van der Waals surface area contributed by atoms with Gasteiger partial charge in [-0.1, -0.05) is 24.3 Å². The fourth-order valence-corrected chi connectivity index (χ4v) is 2.15. The molecule has 0 fully saturated rings. The summed E-state index contributed by atoms with van der Waals surface area (Å²) in [6.45, 7) is 0. The Balaban J connectivity index is 1.88. The minimum Gasteiger partial charge on any atom is -0.325 e. The van der Waals surface area contributed by atoms with E-state index >= 15 is 0 Å². The van der Waals surface area contributed by atoms with Gasteiger partial charge >= 0.3 is 0 Å². The van der Waals surface area contributed by atoms with Gasteiger partial charge in [-0.2, -0.15) is 0 Å². The maximum Gasteiger partial charge on any atom is 0.255 e. The van der Waals surface area contributed by atoms with Crippen LogP contribution in [0.25, 0.3) is 0 Å². The van der Waals surface area contributed by atoms with E-state index < -0.39 is 0 Å². The molecule has 0 saturated carbocycles. The summed E-state index contributed by atoms with van der Waals surface area (Å²) in [7, 11) is 0. The van der Waals surface area contributed by atoms with E-state index in [1.165, 1.54) is 0 Å². The molecule has 0 atom stereocenters. The molecule has 0 bridgehead atoms. The monoisotopic (exact) mass is 252 g/mol. The third-order valence-corrected chi connectivity index (χ3v) is 3.07. The van der Waals surface area contributed by atoms with Crippen molar-refractivity contribution < 1.29 is 9.59 Å². The molecule has 2 amide bonds. The van der Waals surface area contributed by atoms with Crippen molar-refractivity contribution >= 4 is 23.2 Å². The first-order valence-corrected chi connectivity index (χ1v) is 6.02. The van der Waals surface area contributed by atoms with Crippen LogP contribution >= 0.6 is 0 Å². The first-order valence-electron chi connectivity index (χ1n) is 6.02. The van der Waals surface area contributed by atoms with Gasteiger partial charge in [0.2, 0.25) is 5.91 Å². The molecule has 3 rings (SSSR count). The molecule has 0 aliphatic carbocycles. The summed E-state index contributed by atoms with van der Waals surface area (Å²) in [5, 5.41) is 5.61. The minimum atomic E-state index is -0.173. The average Bonchev–Trinajstić information content (AvgIpc) is 2.81. The number of hydrogen-bond acceptors (Lipinski definition) is 2. The van der Waals surface area contributed by atoms with E-state index in [1.54, 1.807) is 18.2 Å². The second-order valence-electron chi connectivity index (χ2n) is 4.38. The van der Waals surface area contributed by atoms with E-state index in [-0.39, 0.29) is 11.8 Å². The van der Waals surface area contributed by atoms with E-state index in [0.717, 1.165) is 11.3 Å². The topological polar surface area (TPSA) is 58.2 Å². The summed E-state index contributed by atoms with van der Waals surface area (Å²) in [4.78, 5) is 23.5. The lowest BCUT2D eigenvalue weighted by molar-refractivity contribution is -0.115. The molecule has 19 heavy (non-hydrogen) atoms. The molecule has 0 aromatic heterocycles. The number of amides is 2. The fourth-order valence-electron chi connectivity index (χ4n) is 2.15. The fraction of sp³-hybridized carbons (Fsp3) is 0.0667. The van der Waals surface area contributed by atoms with E-state index in [2.05, 4.69) is 10.6 Å². The van der Waals surface area contributed by atoms with Gasteiger partial charge in [-0.25, -0.2) is 0 Å². The Hall–Kier alpha value is -2.62. The zero-order valence-electron chi connectivity index (χ0n) is 10.1. The van der Waals surface area contributed by atoms with Crippen LogP contribution in [-0.4, -0.2) is 11.8 Å². The number of benzene rings is 2. The molecule has 4 heteroatoms. The van der Waals surface area contributed by atoms with Gasteiger partial charge in [-0.3, -0.25) is 9.59 Å². The summed E-state index contributed by atoms with van der Waals surface area (Å²) < 4.78 is 0. The molecular formula is C15H12N2O2. The van der Waals surface area contributed by atoms with Gasteiger partial charge < -0.3 is 10.6 Å². The predicted molar refractivity (Wildman–Crippen MR) is 73.2 cm³/mol. The van der Waals surface area contributed by atoms with Crippen molar-refractivity contribution in [1.29, 1.82) is 0 Å². The minimum absolute atomic E-state index is 0.0450. The van der Waals surface area contributed by atoms with Crippen LogP contribution in [0.5, 0.6) is 0 Å². The molecule has 4 nitrogen and oxygen atoms in total. The van der Waals surface area contributed by atoms with Crippen LogP contribution in [-0.2, 0) is 11.2 Å². The summed E-state index contributed by atoms with van der Waals surface area (Å²) in [6.07, 6.45) is 0.306. The van der Waals surface area contributed by atoms with Gasteiger partial charge in [-0.05, 0) is 24.3 Å². The molecule has 94 valence electrons. The molecule has 0 spiro atoms. The van der Waals surface area contributed by atoms with Crippen molar-refractivity contribution in [3.8, 4) is 0 Å². The summed E-state index contributed by atoms with van der Waals surface area (Å²) in [5.74, 6) is -0.218. The van der Waals surface area contributed by atoms with Crippen molar-refractivity contribution in [2.24, 2.45) is 0 Å². The Morgan fingerprint density at radius 2 is 1.84 bits per heavy atom. The molecule has 1 aliphatic rings. The van der Waals surface area contributed by atoms with Crippen molar-refractivity contribution in [1.82, 2.24) is 0 Å². The largest absolute Gasteiger partial charge is 0.325 e. The summed E-state index contributed by atoms with van der Waals surface area (Å²) in [6, 6.07) is 14.4. The molecule has 1 heterocycles. The van der Waals surface area contributed by atoms with Gasteiger partial charge in [0.25, 0.3) is 5.91 Å². The van der Waals surface area contributed by atoms with Crippen molar-refractivity contribution in [2.75, 3.05) is 10.6 Å². The Labute approximate surface area is 110 Å². The van der Waals surface area contributed by atoms with Crippen molar-refractivity contribution in [3.05, 3.63) is 59.7 Å². The third-order valence-electron chi connectivity index (χ3n) is 3.07. The van der Waals surface area contributed by atoms with Crippen LogP contribution in [0, 0.1) is 0 Å². The number of carbonyl (C=O) groups excluding carboxylic acids is 2. The molecule has 0 saturated heterocycles. The van der Waals surface area contributed by atoms with Crippen molar-refractivity contribution in [2.45, 2.75) is 6.42 Å². The SMILES string of the molecule is O=C1Cc2c(cccc2NC(=O)c2ccccc2)N1. The van der Waals surface area contributed by atoms with Gasteiger partial charge in [0, 0.05) is 22.5 Å². The van der Waals surface area contributed by atoms with Gasteiger partial charge in [-0.15, -0.1) is 0 Å². The van der Waals surface area contributed by atoms with Crippen LogP contribution in [0.15, 0.2) is 48.5 Å². The lowest BCUT2D eigenvalue weighted by atomic mass is 10.1. The maximum absolute atomic E-state index is 12.1. The van der Waals surface area contributed by atoms with Crippen LogP contribution in [0.3, 0.4) is 0 Å². The van der Waals surface area contributed by atoms with Gasteiger partial charge in [0.05, 0.1) is 6.42 Å². The second-order valence-corrected chi connectivity index (χ2v) is 4.38. The van der Waals surface area contributed by atoms with Crippen LogP contribution in [0.4, 0.5) is 11.4 Å². The number of hydrogen-bond donors (Lipinski definition) is 2. The van der Waals surface area contributed by atoms with E-state index in [0.29, 0.717) is 17.7 Å². The van der Waals surface area contributed by atoms with Crippen LogP contribution < -0.4 is 10.6 Å². The smallest absolute Gasteiger partial charge is 0.255 e. The number of fused-ring (bicyclic) bond motifs is 1. The number of anilines is 2. The maximum atomic E-state index is 12.1. The molecule has 2 N–H and O–H groups in total. The molecule has 2 aromatic rings. The van der Waals surface area contributed by atoms with E-state index in [1.807, 2.05) is 30.3 Å². The van der Waals surface area contributed by atoms with E-state index in [9.17, 15) is 9.59 Å². The Bertz CT molecular complexity index is 650. The number of nitrogens with one attached hydrogen (secondary N) is 2. The molecule has 2 aromatic carbocycles. The van der Waals surface area contributed by atoms with Crippen LogP contribution in [0.1, 0.15) is 15.9 Å². The Morgan fingerprint density at radius 1 is 1.05 bits per heavy atom. The second kappa shape index (κ2) is 4.57. The lowest BCUT2D eigenvalue weighted by Crippen LogP contribution is -2.13. The average molecular weight is 252 g/mol. The normalized spacial score (nSPS) is 12.7. The Morgan fingerprint density at radius 3 is 2.63 bits per heavy atom. The standard InChI is InChI=1S/C15H12N2O2/c18-14-9-11-12(16-14)7-4-8-13(11)17-15(19)10-5-2-1-3-6-10/h1-8H,9H2,(H,16,18)(H,17,19). The first kappa shape index (κ1) is 11.5. The highest BCUT2D eigenvalue weighted by Gasteiger charge is 2.21. The van der Waals surface area contributed by atoms with Gasteiger partial charge in [0.15, 0.2) is 0 Å². The molecule has 0 unspecified atom stereocenters. The lowest BCUT2D eigenvalue weighted by Gasteiger charge is -2.09. The number of carbonyl (C=O) groups is 2. The highest BCUT2D eigenvalue weighted by Crippen LogP contribution is 2.29.